The average molecular weight is 412 g/mol. The summed E-state index contributed by atoms with van der Waals surface area (Å²) in [4.78, 5) is 27.5. The zero-order valence-corrected chi connectivity index (χ0v) is 17.5. The van der Waals surface area contributed by atoms with E-state index in [0.29, 0.717) is 36.4 Å². The Kier molecular flexibility index (Phi) is 7.97. The van der Waals surface area contributed by atoms with Gasteiger partial charge in [0, 0.05) is 25.2 Å². The third-order valence-electron chi connectivity index (χ3n) is 5.47. The third kappa shape index (κ3) is 5.89. The molecular formula is C24H30FN3O2. The fraction of sp³-hybridized carbons (Fsp3) is 0.417. The molecule has 1 unspecified atom stereocenters. The van der Waals surface area contributed by atoms with Crippen LogP contribution in [0, 0.1) is 11.7 Å². The quantitative estimate of drug-likeness (QED) is 0.640. The van der Waals surface area contributed by atoms with Crippen molar-refractivity contribution in [2.45, 2.75) is 39.2 Å². The molecule has 1 fully saturated rings. The van der Waals surface area contributed by atoms with Gasteiger partial charge >= 0.3 is 0 Å². The van der Waals surface area contributed by atoms with Gasteiger partial charge in [-0.05, 0) is 44.0 Å². The van der Waals surface area contributed by atoms with Gasteiger partial charge in [-0.2, -0.15) is 0 Å². The Balaban J connectivity index is 1.62. The Bertz CT molecular complexity index is 871. The number of para-hydroxylation sites is 1. The van der Waals surface area contributed by atoms with Crippen LogP contribution in [-0.4, -0.2) is 36.3 Å². The summed E-state index contributed by atoms with van der Waals surface area (Å²) in [5.74, 6) is -0.681. The van der Waals surface area contributed by atoms with Crippen LogP contribution in [0.15, 0.2) is 48.5 Å². The zero-order chi connectivity index (χ0) is 21.3. The minimum Gasteiger partial charge on any atom is -0.352 e. The molecular weight excluding hydrogens is 381 g/mol. The highest BCUT2D eigenvalue weighted by Crippen LogP contribution is 2.22. The molecule has 3 rings (SSSR count). The number of hydrogen-bond acceptors (Lipinski definition) is 3. The standard InChI is InChI=1S/C24H30FN3O2/c1-2-3-14-26-24(30)20-11-5-7-13-22(20)27-23(29)19-10-8-15-28(17-19)16-18-9-4-6-12-21(18)25/h4-7,9,11-13,19H,2-3,8,10,14-17H2,1H3,(H,26,30)(H,27,29). The molecule has 0 aliphatic carbocycles. The molecule has 30 heavy (non-hydrogen) atoms. The van der Waals surface area contributed by atoms with Crippen LogP contribution in [0.25, 0.3) is 0 Å². The number of hydrogen-bond donors (Lipinski definition) is 2. The van der Waals surface area contributed by atoms with E-state index < -0.39 is 0 Å². The van der Waals surface area contributed by atoms with E-state index in [2.05, 4.69) is 22.5 Å². The molecule has 0 bridgehead atoms. The van der Waals surface area contributed by atoms with Crippen molar-refractivity contribution in [2.75, 3.05) is 25.0 Å². The maximum absolute atomic E-state index is 14.0. The maximum atomic E-state index is 14.0. The Morgan fingerprint density at radius 1 is 1.13 bits per heavy atom. The second kappa shape index (κ2) is 10.9. The normalized spacial score (nSPS) is 16.8. The lowest BCUT2D eigenvalue weighted by atomic mass is 9.96. The van der Waals surface area contributed by atoms with Crippen LogP contribution in [0.1, 0.15) is 48.5 Å². The first-order valence-electron chi connectivity index (χ1n) is 10.7. The van der Waals surface area contributed by atoms with Gasteiger partial charge in [0.1, 0.15) is 5.82 Å². The van der Waals surface area contributed by atoms with Crippen molar-refractivity contribution in [1.82, 2.24) is 10.2 Å². The molecule has 1 saturated heterocycles. The lowest BCUT2D eigenvalue weighted by molar-refractivity contribution is -0.121. The molecule has 0 radical (unpaired) electrons. The van der Waals surface area contributed by atoms with Crippen LogP contribution in [0.4, 0.5) is 10.1 Å². The van der Waals surface area contributed by atoms with Crippen molar-refractivity contribution in [2.24, 2.45) is 5.92 Å². The first kappa shape index (κ1) is 22.0. The molecule has 5 nitrogen and oxygen atoms in total. The fourth-order valence-electron chi connectivity index (χ4n) is 3.78. The van der Waals surface area contributed by atoms with Crippen molar-refractivity contribution in [3.63, 3.8) is 0 Å². The smallest absolute Gasteiger partial charge is 0.253 e. The van der Waals surface area contributed by atoms with E-state index in [4.69, 9.17) is 0 Å². The van der Waals surface area contributed by atoms with Crippen LogP contribution in [0.3, 0.4) is 0 Å². The minimum atomic E-state index is -0.216. The zero-order valence-electron chi connectivity index (χ0n) is 17.5. The molecule has 0 aromatic heterocycles. The second-order valence-corrected chi connectivity index (χ2v) is 7.81. The summed E-state index contributed by atoms with van der Waals surface area (Å²) in [5.41, 5.74) is 1.65. The van der Waals surface area contributed by atoms with E-state index >= 15 is 0 Å². The second-order valence-electron chi connectivity index (χ2n) is 7.81. The molecule has 6 heteroatoms. The Morgan fingerprint density at radius 2 is 1.90 bits per heavy atom. The topological polar surface area (TPSA) is 61.4 Å². The van der Waals surface area contributed by atoms with Gasteiger partial charge < -0.3 is 10.6 Å². The number of rotatable bonds is 8. The number of nitrogens with zero attached hydrogens (tertiary/aromatic N) is 1. The first-order chi connectivity index (χ1) is 14.6. The molecule has 0 saturated carbocycles. The van der Waals surface area contributed by atoms with E-state index in [0.717, 1.165) is 32.2 Å². The number of unbranched alkanes of at least 4 members (excludes halogenated alkanes) is 1. The summed E-state index contributed by atoms with van der Waals surface area (Å²) in [5, 5.41) is 5.85. The molecule has 1 atom stereocenters. The lowest BCUT2D eigenvalue weighted by Crippen LogP contribution is -2.40. The van der Waals surface area contributed by atoms with Crippen LogP contribution in [-0.2, 0) is 11.3 Å². The molecule has 2 aromatic carbocycles. The lowest BCUT2D eigenvalue weighted by Gasteiger charge is -2.32. The minimum absolute atomic E-state index is 0.0953. The molecule has 0 spiro atoms. The summed E-state index contributed by atoms with van der Waals surface area (Å²) in [6, 6.07) is 13.8. The van der Waals surface area contributed by atoms with Gasteiger partial charge in [0.2, 0.25) is 5.91 Å². The predicted molar refractivity (Wildman–Crippen MR) is 117 cm³/mol. The molecule has 1 aliphatic heterocycles. The van der Waals surface area contributed by atoms with Gasteiger partial charge in [0.25, 0.3) is 5.91 Å². The highest BCUT2D eigenvalue weighted by molar-refractivity contribution is 6.04. The van der Waals surface area contributed by atoms with Crippen LogP contribution in [0.5, 0.6) is 0 Å². The fourth-order valence-corrected chi connectivity index (χ4v) is 3.78. The summed E-state index contributed by atoms with van der Waals surface area (Å²) in [7, 11) is 0. The number of nitrogens with one attached hydrogen (secondary N) is 2. The van der Waals surface area contributed by atoms with Crippen molar-refractivity contribution >= 4 is 17.5 Å². The van der Waals surface area contributed by atoms with Gasteiger partial charge in [-0.3, -0.25) is 14.5 Å². The number of amides is 2. The van der Waals surface area contributed by atoms with E-state index in [1.807, 2.05) is 12.1 Å². The van der Waals surface area contributed by atoms with Crippen molar-refractivity contribution < 1.29 is 14.0 Å². The molecule has 1 aliphatic rings. The van der Waals surface area contributed by atoms with E-state index in [-0.39, 0.29) is 23.5 Å². The van der Waals surface area contributed by atoms with Crippen LogP contribution >= 0.6 is 0 Å². The van der Waals surface area contributed by atoms with Crippen molar-refractivity contribution in [1.29, 1.82) is 0 Å². The number of likely N-dealkylation sites (tertiary alicyclic amines) is 1. The van der Waals surface area contributed by atoms with E-state index in [1.54, 1.807) is 30.3 Å². The third-order valence-corrected chi connectivity index (χ3v) is 5.47. The van der Waals surface area contributed by atoms with Crippen LogP contribution < -0.4 is 10.6 Å². The SMILES string of the molecule is CCCCNC(=O)c1ccccc1NC(=O)C1CCCN(Cc2ccccc2F)C1. The van der Waals surface area contributed by atoms with Crippen LogP contribution in [0.2, 0.25) is 0 Å². The largest absolute Gasteiger partial charge is 0.352 e. The molecule has 160 valence electrons. The Morgan fingerprint density at radius 3 is 2.70 bits per heavy atom. The van der Waals surface area contributed by atoms with E-state index in [1.165, 1.54) is 6.07 Å². The predicted octanol–water partition coefficient (Wildman–Crippen LogP) is 4.21. The van der Waals surface area contributed by atoms with Gasteiger partial charge in [-0.15, -0.1) is 0 Å². The average Bonchev–Trinajstić information content (AvgIpc) is 2.76. The van der Waals surface area contributed by atoms with E-state index in [9.17, 15) is 14.0 Å². The summed E-state index contributed by atoms with van der Waals surface area (Å²) >= 11 is 0. The maximum Gasteiger partial charge on any atom is 0.253 e. The number of piperidine rings is 1. The van der Waals surface area contributed by atoms with Gasteiger partial charge in [-0.1, -0.05) is 43.7 Å². The van der Waals surface area contributed by atoms with Gasteiger partial charge in [0.15, 0.2) is 0 Å². The summed E-state index contributed by atoms with van der Waals surface area (Å²) in [6.45, 7) is 4.59. The monoisotopic (exact) mass is 411 g/mol. The first-order valence-corrected chi connectivity index (χ1v) is 10.7. The number of benzene rings is 2. The highest BCUT2D eigenvalue weighted by Gasteiger charge is 2.27. The molecule has 1 heterocycles. The summed E-state index contributed by atoms with van der Waals surface area (Å²) < 4.78 is 14.0. The highest BCUT2D eigenvalue weighted by atomic mass is 19.1. The number of carbonyl (C=O) groups excluding carboxylic acids is 2. The van der Waals surface area contributed by atoms with Gasteiger partial charge in [-0.25, -0.2) is 4.39 Å². The summed E-state index contributed by atoms with van der Waals surface area (Å²) in [6.07, 6.45) is 3.58. The van der Waals surface area contributed by atoms with Crippen molar-refractivity contribution in [3.8, 4) is 0 Å². The number of anilines is 1. The number of halogens is 1. The Labute approximate surface area is 177 Å². The molecule has 2 N–H and O–H groups in total. The molecule has 2 amide bonds. The Hall–Kier alpha value is -2.73. The van der Waals surface area contributed by atoms with Crippen molar-refractivity contribution in [3.05, 3.63) is 65.5 Å². The molecule has 2 aromatic rings. The number of carbonyl (C=O) groups is 2. The van der Waals surface area contributed by atoms with Gasteiger partial charge in [0.05, 0.1) is 17.2 Å².